The predicted molar refractivity (Wildman–Crippen MR) is 81.5 cm³/mol. The normalized spacial score (nSPS) is 24.8. The molecular formula is C17H31NO. The van der Waals surface area contributed by atoms with Gasteiger partial charge in [0, 0.05) is 13.2 Å². The second kappa shape index (κ2) is 7.44. The third-order valence-electron chi connectivity index (χ3n) is 5.00. The Bertz CT molecular complexity index is 288. The van der Waals surface area contributed by atoms with Gasteiger partial charge in [-0.15, -0.1) is 0 Å². The van der Waals surface area contributed by atoms with E-state index in [-0.39, 0.29) is 5.60 Å². The van der Waals surface area contributed by atoms with Crippen molar-refractivity contribution in [3.8, 4) is 0 Å². The van der Waals surface area contributed by atoms with E-state index in [1.807, 2.05) is 7.11 Å². The van der Waals surface area contributed by atoms with Crippen molar-refractivity contribution in [1.82, 2.24) is 5.32 Å². The summed E-state index contributed by atoms with van der Waals surface area (Å²) < 4.78 is 5.83. The predicted octanol–water partition coefficient (Wildman–Crippen LogP) is 4.20. The Labute approximate surface area is 119 Å². The Morgan fingerprint density at radius 3 is 2.63 bits per heavy atom. The first-order valence-corrected chi connectivity index (χ1v) is 8.27. The molecule has 0 spiro atoms. The van der Waals surface area contributed by atoms with Crippen LogP contribution >= 0.6 is 0 Å². The molecular weight excluding hydrogens is 234 g/mol. The van der Waals surface area contributed by atoms with E-state index in [2.05, 4.69) is 18.3 Å². The van der Waals surface area contributed by atoms with Crippen molar-refractivity contribution < 1.29 is 4.74 Å². The van der Waals surface area contributed by atoms with Gasteiger partial charge < -0.3 is 10.1 Å². The molecule has 19 heavy (non-hydrogen) atoms. The van der Waals surface area contributed by atoms with Crippen LogP contribution in [0.1, 0.15) is 71.1 Å². The molecule has 2 aliphatic rings. The second-order valence-corrected chi connectivity index (χ2v) is 6.29. The van der Waals surface area contributed by atoms with Crippen molar-refractivity contribution >= 4 is 0 Å². The highest BCUT2D eigenvalue weighted by Gasteiger charge is 2.39. The van der Waals surface area contributed by atoms with E-state index in [9.17, 15) is 0 Å². The smallest absolute Gasteiger partial charge is 0.0696 e. The molecule has 2 rings (SSSR count). The summed E-state index contributed by atoms with van der Waals surface area (Å²) in [6, 6.07) is 0.545. The summed E-state index contributed by atoms with van der Waals surface area (Å²) in [6.07, 6.45) is 15.7. The minimum Gasteiger partial charge on any atom is -0.378 e. The summed E-state index contributed by atoms with van der Waals surface area (Å²) in [5.74, 6) is 0. The van der Waals surface area contributed by atoms with Crippen LogP contribution in [0.3, 0.4) is 0 Å². The van der Waals surface area contributed by atoms with E-state index in [4.69, 9.17) is 4.74 Å². The fourth-order valence-electron chi connectivity index (χ4n) is 3.55. The highest BCUT2D eigenvalue weighted by molar-refractivity contribution is 5.14. The van der Waals surface area contributed by atoms with Crippen LogP contribution in [0.25, 0.3) is 0 Å². The molecule has 1 unspecified atom stereocenters. The Balaban J connectivity index is 2.00. The number of methoxy groups -OCH3 is 1. The molecule has 0 aromatic carbocycles. The van der Waals surface area contributed by atoms with Crippen molar-refractivity contribution in [2.45, 2.75) is 82.8 Å². The van der Waals surface area contributed by atoms with Crippen molar-refractivity contribution in [1.29, 1.82) is 0 Å². The average molecular weight is 265 g/mol. The van der Waals surface area contributed by atoms with Crippen LogP contribution in [0.5, 0.6) is 0 Å². The molecule has 0 saturated heterocycles. The SMILES string of the molecule is CCNC(CC1(OC)CCC1)C1=CCCCCCC1. The van der Waals surface area contributed by atoms with Crippen LogP contribution < -0.4 is 5.32 Å². The zero-order valence-corrected chi connectivity index (χ0v) is 12.8. The summed E-state index contributed by atoms with van der Waals surface area (Å²) >= 11 is 0. The van der Waals surface area contributed by atoms with Gasteiger partial charge in [-0.1, -0.05) is 31.4 Å². The van der Waals surface area contributed by atoms with Crippen LogP contribution in [0, 0.1) is 0 Å². The van der Waals surface area contributed by atoms with Gasteiger partial charge in [-0.05, 0) is 57.9 Å². The number of rotatable bonds is 6. The second-order valence-electron chi connectivity index (χ2n) is 6.29. The van der Waals surface area contributed by atoms with Crippen LogP contribution in [0.4, 0.5) is 0 Å². The van der Waals surface area contributed by atoms with E-state index >= 15 is 0 Å². The van der Waals surface area contributed by atoms with Crippen LogP contribution in [-0.2, 0) is 4.74 Å². The van der Waals surface area contributed by atoms with Gasteiger partial charge in [-0.25, -0.2) is 0 Å². The Hall–Kier alpha value is -0.340. The highest BCUT2D eigenvalue weighted by atomic mass is 16.5. The maximum Gasteiger partial charge on any atom is 0.0696 e. The Morgan fingerprint density at radius 1 is 1.21 bits per heavy atom. The largest absolute Gasteiger partial charge is 0.378 e. The Kier molecular flexibility index (Phi) is 5.90. The molecule has 1 atom stereocenters. The Morgan fingerprint density at radius 2 is 2.00 bits per heavy atom. The molecule has 2 nitrogen and oxygen atoms in total. The zero-order valence-electron chi connectivity index (χ0n) is 12.8. The fraction of sp³-hybridized carbons (Fsp3) is 0.882. The van der Waals surface area contributed by atoms with Crippen molar-refractivity contribution in [2.24, 2.45) is 0 Å². The topological polar surface area (TPSA) is 21.3 Å². The van der Waals surface area contributed by atoms with Crippen LogP contribution in [0.2, 0.25) is 0 Å². The van der Waals surface area contributed by atoms with Gasteiger partial charge in [0.1, 0.15) is 0 Å². The first kappa shape index (κ1) is 15.1. The van der Waals surface area contributed by atoms with Crippen molar-refractivity contribution in [3.63, 3.8) is 0 Å². The van der Waals surface area contributed by atoms with Crippen LogP contribution in [0.15, 0.2) is 11.6 Å². The van der Waals surface area contributed by atoms with Gasteiger partial charge in [0.25, 0.3) is 0 Å². The van der Waals surface area contributed by atoms with Gasteiger partial charge in [0.05, 0.1) is 5.60 Å². The molecule has 2 heteroatoms. The maximum atomic E-state index is 5.83. The lowest BCUT2D eigenvalue weighted by atomic mass is 9.74. The first-order valence-electron chi connectivity index (χ1n) is 8.27. The summed E-state index contributed by atoms with van der Waals surface area (Å²) in [5.41, 5.74) is 1.83. The van der Waals surface area contributed by atoms with Crippen molar-refractivity contribution in [2.75, 3.05) is 13.7 Å². The summed E-state index contributed by atoms with van der Waals surface area (Å²) in [7, 11) is 1.90. The van der Waals surface area contributed by atoms with E-state index in [0.29, 0.717) is 6.04 Å². The molecule has 0 aromatic heterocycles. The summed E-state index contributed by atoms with van der Waals surface area (Å²) in [5, 5.41) is 3.71. The van der Waals surface area contributed by atoms with E-state index in [0.717, 1.165) is 6.54 Å². The van der Waals surface area contributed by atoms with E-state index < -0.39 is 0 Å². The minimum atomic E-state index is 0.177. The van der Waals surface area contributed by atoms with Gasteiger partial charge in [-0.3, -0.25) is 0 Å². The molecule has 0 heterocycles. The fourth-order valence-corrected chi connectivity index (χ4v) is 3.55. The number of hydrogen-bond acceptors (Lipinski definition) is 2. The molecule has 0 aliphatic heterocycles. The van der Waals surface area contributed by atoms with E-state index in [1.165, 1.54) is 64.2 Å². The maximum absolute atomic E-state index is 5.83. The van der Waals surface area contributed by atoms with E-state index in [1.54, 1.807) is 5.57 Å². The number of allylic oxidation sites excluding steroid dienone is 1. The molecule has 1 N–H and O–H groups in total. The lowest BCUT2D eigenvalue weighted by Crippen LogP contribution is -2.46. The third-order valence-corrected chi connectivity index (χ3v) is 5.00. The molecule has 1 saturated carbocycles. The average Bonchev–Trinajstić information content (AvgIpc) is 2.32. The zero-order chi connectivity index (χ0) is 13.6. The summed E-state index contributed by atoms with van der Waals surface area (Å²) in [6.45, 7) is 3.28. The monoisotopic (exact) mass is 265 g/mol. The van der Waals surface area contributed by atoms with Gasteiger partial charge in [-0.2, -0.15) is 0 Å². The molecule has 2 aliphatic carbocycles. The van der Waals surface area contributed by atoms with Crippen molar-refractivity contribution in [3.05, 3.63) is 11.6 Å². The minimum absolute atomic E-state index is 0.177. The number of ether oxygens (including phenoxy) is 1. The van der Waals surface area contributed by atoms with Gasteiger partial charge in [0.15, 0.2) is 0 Å². The highest BCUT2D eigenvalue weighted by Crippen LogP contribution is 2.40. The number of hydrogen-bond donors (Lipinski definition) is 1. The summed E-state index contributed by atoms with van der Waals surface area (Å²) in [4.78, 5) is 0. The lowest BCUT2D eigenvalue weighted by Gasteiger charge is -2.43. The quantitative estimate of drug-likeness (QED) is 0.727. The number of nitrogens with one attached hydrogen (secondary N) is 1. The lowest BCUT2D eigenvalue weighted by molar-refractivity contribution is -0.0815. The molecule has 0 amide bonds. The first-order chi connectivity index (χ1) is 9.29. The van der Waals surface area contributed by atoms with Crippen LogP contribution in [-0.4, -0.2) is 25.3 Å². The third kappa shape index (κ3) is 4.06. The molecule has 0 radical (unpaired) electrons. The number of likely N-dealkylation sites (N-methyl/N-ethyl adjacent to an activating group) is 1. The van der Waals surface area contributed by atoms with Gasteiger partial charge in [0.2, 0.25) is 0 Å². The molecule has 1 fully saturated rings. The van der Waals surface area contributed by atoms with Gasteiger partial charge >= 0.3 is 0 Å². The molecule has 110 valence electrons. The standard InChI is InChI=1S/C17H31NO/c1-3-18-16(14-17(19-2)12-9-13-17)15-10-7-5-4-6-8-11-15/h10,16,18H,3-9,11-14H2,1-2H3. The molecule has 0 aromatic rings. The molecule has 0 bridgehead atoms.